The average molecular weight is 541 g/mol. The predicted octanol–water partition coefficient (Wildman–Crippen LogP) is 6.44. The number of nitrogens with one attached hydrogen (secondary N) is 2. The summed E-state index contributed by atoms with van der Waals surface area (Å²) in [5, 5.41) is 4.97. The SMILES string of the molecule is Cn1cc(CNCc2ccc(CN(Cc3nc4ccccc4[nH]3)C3C=C4C=CC=NC4CC3)cc2)c2ccccc21. The molecule has 6 heteroatoms. The normalized spacial score (nSPS) is 18.3. The number of benzene rings is 3. The molecule has 206 valence electrons. The van der Waals surface area contributed by atoms with Crippen LogP contribution in [0.15, 0.2) is 108 Å². The first-order valence-electron chi connectivity index (χ1n) is 14.6. The van der Waals surface area contributed by atoms with E-state index in [-0.39, 0.29) is 0 Å². The maximum absolute atomic E-state index is 4.90. The van der Waals surface area contributed by atoms with Gasteiger partial charge in [-0.15, -0.1) is 0 Å². The monoisotopic (exact) mass is 540 g/mol. The summed E-state index contributed by atoms with van der Waals surface area (Å²) in [7, 11) is 2.12. The highest BCUT2D eigenvalue weighted by atomic mass is 15.2. The van der Waals surface area contributed by atoms with Gasteiger partial charge in [0.1, 0.15) is 5.82 Å². The summed E-state index contributed by atoms with van der Waals surface area (Å²) in [5.41, 5.74) is 8.68. The van der Waals surface area contributed by atoms with Crippen LogP contribution in [0.1, 0.15) is 35.4 Å². The summed E-state index contributed by atoms with van der Waals surface area (Å²) >= 11 is 0. The van der Waals surface area contributed by atoms with Crippen LogP contribution in [-0.4, -0.2) is 37.7 Å². The molecular weight excluding hydrogens is 504 g/mol. The van der Waals surface area contributed by atoms with Crippen molar-refractivity contribution >= 4 is 28.2 Å². The molecule has 1 aliphatic carbocycles. The number of dihydropyridines is 1. The van der Waals surface area contributed by atoms with E-state index < -0.39 is 0 Å². The lowest BCUT2D eigenvalue weighted by atomic mass is 9.89. The number of fused-ring (bicyclic) bond motifs is 3. The van der Waals surface area contributed by atoms with Crippen molar-refractivity contribution in [2.24, 2.45) is 12.0 Å². The number of rotatable bonds is 9. The Morgan fingerprint density at radius 2 is 1.76 bits per heavy atom. The van der Waals surface area contributed by atoms with Gasteiger partial charge in [-0.05, 0) is 59.4 Å². The van der Waals surface area contributed by atoms with Crippen molar-refractivity contribution in [3.05, 3.63) is 125 Å². The first-order valence-corrected chi connectivity index (χ1v) is 14.6. The van der Waals surface area contributed by atoms with E-state index in [1.54, 1.807) is 0 Å². The number of aliphatic imine (C=N–C) groups is 1. The van der Waals surface area contributed by atoms with Crippen molar-refractivity contribution in [3.8, 4) is 0 Å². The van der Waals surface area contributed by atoms with Crippen LogP contribution in [0.25, 0.3) is 21.9 Å². The third-order valence-corrected chi connectivity index (χ3v) is 8.44. The number of H-pyrrole nitrogens is 1. The van der Waals surface area contributed by atoms with Gasteiger partial charge in [-0.25, -0.2) is 4.98 Å². The molecule has 2 aliphatic rings. The molecule has 3 aromatic carbocycles. The number of aryl methyl sites for hydroxylation is 1. The molecule has 0 bridgehead atoms. The Kier molecular flexibility index (Phi) is 7.09. The minimum absolute atomic E-state index is 0.310. The van der Waals surface area contributed by atoms with Gasteiger partial charge >= 0.3 is 0 Å². The topological polar surface area (TPSA) is 61.2 Å². The van der Waals surface area contributed by atoms with Gasteiger partial charge in [0.25, 0.3) is 0 Å². The second-order valence-corrected chi connectivity index (χ2v) is 11.3. The molecule has 0 saturated heterocycles. The van der Waals surface area contributed by atoms with E-state index in [0.29, 0.717) is 12.1 Å². The van der Waals surface area contributed by atoms with E-state index in [9.17, 15) is 0 Å². The van der Waals surface area contributed by atoms with Crippen LogP contribution in [0.4, 0.5) is 0 Å². The minimum Gasteiger partial charge on any atom is -0.350 e. The standard InChI is InChI=1S/C35H36N6/c1-40-23-28(30-8-2-5-11-34(30)40)21-36-20-25-12-14-26(15-13-25)22-41(24-35-38-32-9-3-4-10-33(32)39-35)29-16-17-31-27(19-29)7-6-18-37-31/h2-15,18-19,23,29,31,36H,16-17,20-22,24H2,1H3,(H,38,39). The van der Waals surface area contributed by atoms with Gasteiger partial charge in [0, 0.05) is 56.0 Å². The van der Waals surface area contributed by atoms with E-state index in [4.69, 9.17) is 4.98 Å². The predicted molar refractivity (Wildman–Crippen MR) is 168 cm³/mol. The first-order chi connectivity index (χ1) is 20.2. The van der Waals surface area contributed by atoms with E-state index in [1.165, 1.54) is 33.2 Å². The second kappa shape index (κ2) is 11.3. The molecule has 2 unspecified atom stereocenters. The van der Waals surface area contributed by atoms with Crippen molar-refractivity contribution < 1.29 is 0 Å². The number of imidazole rings is 1. The van der Waals surface area contributed by atoms with Gasteiger partial charge in [-0.1, -0.05) is 66.7 Å². The Morgan fingerprint density at radius 3 is 2.66 bits per heavy atom. The lowest BCUT2D eigenvalue weighted by Crippen LogP contribution is -2.37. The fraction of sp³-hybridized carbons (Fsp3) is 0.257. The van der Waals surface area contributed by atoms with Crippen LogP contribution in [-0.2, 0) is 33.2 Å². The van der Waals surface area contributed by atoms with Crippen molar-refractivity contribution in [2.75, 3.05) is 0 Å². The van der Waals surface area contributed by atoms with Gasteiger partial charge in [0.15, 0.2) is 0 Å². The highest BCUT2D eigenvalue weighted by Crippen LogP contribution is 2.29. The molecule has 0 saturated carbocycles. The molecule has 0 radical (unpaired) electrons. The smallest absolute Gasteiger partial charge is 0.121 e. The van der Waals surface area contributed by atoms with Crippen molar-refractivity contribution in [1.29, 1.82) is 0 Å². The van der Waals surface area contributed by atoms with Crippen molar-refractivity contribution in [2.45, 2.75) is 51.1 Å². The highest BCUT2D eigenvalue weighted by molar-refractivity contribution is 5.83. The maximum atomic E-state index is 4.90. The Bertz CT molecular complexity index is 1720. The molecule has 5 aromatic rings. The molecule has 2 N–H and O–H groups in total. The number of aromatic amines is 1. The number of nitrogens with zero attached hydrogens (tertiary/aromatic N) is 4. The molecule has 2 atom stereocenters. The van der Waals surface area contributed by atoms with Crippen LogP contribution >= 0.6 is 0 Å². The fourth-order valence-corrected chi connectivity index (χ4v) is 6.30. The minimum atomic E-state index is 0.310. The van der Waals surface area contributed by atoms with E-state index >= 15 is 0 Å². The Labute approximate surface area is 241 Å². The largest absolute Gasteiger partial charge is 0.350 e. The number of hydrogen-bond acceptors (Lipinski definition) is 4. The molecule has 0 amide bonds. The molecule has 1 aliphatic heterocycles. The Balaban J connectivity index is 1.05. The second-order valence-electron chi connectivity index (χ2n) is 11.3. The number of aromatic nitrogens is 3. The van der Waals surface area contributed by atoms with Crippen LogP contribution in [0.2, 0.25) is 0 Å². The van der Waals surface area contributed by atoms with E-state index in [2.05, 4.69) is 123 Å². The quantitative estimate of drug-likeness (QED) is 0.226. The van der Waals surface area contributed by atoms with Crippen molar-refractivity contribution in [3.63, 3.8) is 0 Å². The van der Waals surface area contributed by atoms with Gasteiger partial charge in [-0.2, -0.15) is 0 Å². The Morgan fingerprint density at radius 1 is 0.927 bits per heavy atom. The van der Waals surface area contributed by atoms with Crippen LogP contribution in [0, 0.1) is 0 Å². The zero-order chi connectivity index (χ0) is 27.6. The molecule has 41 heavy (non-hydrogen) atoms. The summed E-state index contributed by atoms with van der Waals surface area (Å²) in [6, 6.07) is 26.6. The summed E-state index contributed by atoms with van der Waals surface area (Å²) in [6.07, 6.45) is 13.0. The van der Waals surface area contributed by atoms with Crippen LogP contribution < -0.4 is 5.32 Å². The summed E-state index contributed by atoms with van der Waals surface area (Å²) in [6.45, 7) is 3.33. The Hall–Kier alpha value is -4.26. The number of allylic oxidation sites excluding steroid dienone is 1. The van der Waals surface area contributed by atoms with Crippen molar-refractivity contribution in [1.82, 2.24) is 24.8 Å². The number of hydrogen-bond donors (Lipinski definition) is 2. The van der Waals surface area contributed by atoms with Crippen LogP contribution in [0.5, 0.6) is 0 Å². The molecule has 0 fully saturated rings. The summed E-state index contributed by atoms with van der Waals surface area (Å²) in [4.78, 5) is 15.7. The van der Waals surface area contributed by atoms with E-state index in [1.807, 2.05) is 12.3 Å². The zero-order valence-electron chi connectivity index (χ0n) is 23.5. The van der Waals surface area contributed by atoms with Gasteiger partial charge in [-0.3, -0.25) is 9.89 Å². The van der Waals surface area contributed by atoms with Gasteiger partial charge in [0.2, 0.25) is 0 Å². The maximum Gasteiger partial charge on any atom is 0.121 e. The fourth-order valence-electron chi connectivity index (χ4n) is 6.30. The molecule has 2 aromatic heterocycles. The summed E-state index contributed by atoms with van der Waals surface area (Å²) < 4.78 is 2.21. The first kappa shape index (κ1) is 25.7. The highest BCUT2D eigenvalue weighted by Gasteiger charge is 2.27. The average Bonchev–Trinajstić information content (AvgIpc) is 3.57. The lowest BCUT2D eigenvalue weighted by Gasteiger charge is -2.34. The molecule has 3 heterocycles. The summed E-state index contributed by atoms with van der Waals surface area (Å²) in [5.74, 6) is 1.01. The molecule has 6 nitrogen and oxygen atoms in total. The third-order valence-electron chi connectivity index (χ3n) is 8.44. The number of para-hydroxylation sites is 3. The van der Waals surface area contributed by atoms with Crippen LogP contribution in [0.3, 0.4) is 0 Å². The molecule has 7 rings (SSSR count). The van der Waals surface area contributed by atoms with E-state index in [0.717, 1.165) is 55.9 Å². The molecular formula is C35H36N6. The molecule has 0 spiro atoms. The van der Waals surface area contributed by atoms with Gasteiger partial charge < -0.3 is 14.9 Å². The lowest BCUT2D eigenvalue weighted by molar-refractivity contribution is 0.188. The zero-order valence-corrected chi connectivity index (χ0v) is 23.5. The van der Waals surface area contributed by atoms with Gasteiger partial charge in [0.05, 0.1) is 23.6 Å². The third kappa shape index (κ3) is 5.53.